The number of morpholine rings is 1. The molecule has 1 amide bonds. The molecule has 3 rings (SSSR count). The summed E-state index contributed by atoms with van der Waals surface area (Å²) in [7, 11) is 1.24. The standard InChI is InChI=1S/C15H17NO6/c1-20-14(19)12-11-10(8-17)16(13(18)15(21-11)22-12)7-9-5-3-2-4-6-9/h2-6,10-12,15,17H,7-8H2,1H3/t10-,11+,12+,15-/m0/s1. The van der Waals surface area contributed by atoms with Crippen LogP contribution >= 0.6 is 0 Å². The lowest BCUT2D eigenvalue weighted by atomic mass is 10.0. The molecule has 2 fully saturated rings. The van der Waals surface area contributed by atoms with E-state index < -0.39 is 36.4 Å². The number of hydrogen-bond donors (Lipinski definition) is 1. The molecule has 1 aromatic rings. The van der Waals surface area contributed by atoms with Crippen LogP contribution in [0.1, 0.15) is 5.56 Å². The number of amides is 1. The lowest BCUT2D eigenvalue weighted by Crippen LogP contribution is -2.57. The fourth-order valence-corrected chi connectivity index (χ4v) is 2.83. The lowest BCUT2D eigenvalue weighted by molar-refractivity contribution is -0.181. The molecule has 2 saturated heterocycles. The molecule has 1 N–H and O–H groups in total. The molecule has 1 aromatic carbocycles. The summed E-state index contributed by atoms with van der Waals surface area (Å²) in [6, 6.07) is 8.74. The quantitative estimate of drug-likeness (QED) is 0.767. The second kappa shape index (κ2) is 6.04. The number of aliphatic hydroxyl groups is 1. The van der Waals surface area contributed by atoms with Crippen LogP contribution < -0.4 is 0 Å². The molecule has 0 saturated carbocycles. The molecule has 4 atom stereocenters. The van der Waals surface area contributed by atoms with Crippen LogP contribution in [0.25, 0.3) is 0 Å². The average Bonchev–Trinajstić information content (AvgIpc) is 2.95. The summed E-state index contributed by atoms with van der Waals surface area (Å²) >= 11 is 0. The van der Waals surface area contributed by atoms with Gasteiger partial charge in [-0.25, -0.2) is 4.79 Å². The van der Waals surface area contributed by atoms with Gasteiger partial charge in [0.1, 0.15) is 6.10 Å². The van der Waals surface area contributed by atoms with Gasteiger partial charge in [0.25, 0.3) is 5.91 Å². The molecular weight excluding hydrogens is 290 g/mol. The molecule has 2 aliphatic heterocycles. The predicted molar refractivity (Wildman–Crippen MR) is 73.4 cm³/mol. The number of carbonyl (C=O) groups is 2. The Morgan fingerprint density at radius 2 is 2.05 bits per heavy atom. The second-order valence-corrected chi connectivity index (χ2v) is 5.21. The fourth-order valence-electron chi connectivity index (χ4n) is 2.83. The van der Waals surface area contributed by atoms with Crippen molar-refractivity contribution >= 4 is 11.9 Å². The van der Waals surface area contributed by atoms with E-state index in [1.807, 2.05) is 30.3 Å². The van der Waals surface area contributed by atoms with Crippen molar-refractivity contribution < 1.29 is 28.9 Å². The predicted octanol–water partition coefficient (Wildman–Crippen LogP) is -0.327. The van der Waals surface area contributed by atoms with E-state index in [1.54, 1.807) is 0 Å². The number of carbonyl (C=O) groups excluding carboxylic acids is 2. The van der Waals surface area contributed by atoms with Gasteiger partial charge in [0.05, 0.1) is 19.8 Å². The Kier molecular flexibility index (Phi) is 4.10. The molecule has 2 aliphatic rings. The first-order valence-corrected chi connectivity index (χ1v) is 6.99. The zero-order valence-electron chi connectivity index (χ0n) is 12.0. The summed E-state index contributed by atoms with van der Waals surface area (Å²) < 4.78 is 15.5. The van der Waals surface area contributed by atoms with E-state index >= 15 is 0 Å². The zero-order chi connectivity index (χ0) is 15.7. The molecule has 22 heavy (non-hydrogen) atoms. The summed E-state index contributed by atoms with van der Waals surface area (Å²) in [5, 5.41) is 9.67. The van der Waals surface area contributed by atoms with Crippen molar-refractivity contribution in [3.8, 4) is 0 Å². The lowest BCUT2D eigenvalue weighted by Gasteiger charge is -2.38. The van der Waals surface area contributed by atoms with Gasteiger partial charge in [-0.15, -0.1) is 0 Å². The van der Waals surface area contributed by atoms with Gasteiger partial charge in [0.15, 0.2) is 6.10 Å². The summed E-state index contributed by atoms with van der Waals surface area (Å²) in [6.07, 6.45) is -2.86. The Bertz CT molecular complexity index is 562. The van der Waals surface area contributed by atoms with Crippen molar-refractivity contribution in [2.75, 3.05) is 13.7 Å². The smallest absolute Gasteiger partial charge is 0.337 e. The molecule has 0 radical (unpaired) electrons. The van der Waals surface area contributed by atoms with E-state index in [2.05, 4.69) is 4.74 Å². The number of benzene rings is 1. The summed E-state index contributed by atoms with van der Waals surface area (Å²) in [4.78, 5) is 25.7. The number of nitrogens with zero attached hydrogens (tertiary/aromatic N) is 1. The van der Waals surface area contributed by atoms with Crippen molar-refractivity contribution in [1.29, 1.82) is 0 Å². The Morgan fingerprint density at radius 1 is 1.32 bits per heavy atom. The molecule has 0 aromatic heterocycles. The number of hydrogen-bond acceptors (Lipinski definition) is 6. The van der Waals surface area contributed by atoms with Crippen LogP contribution in [0.2, 0.25) is 0 Å². The minimum absolute atomic E-state index is 0.318. The van der Waals surface area contributed by atoms with Crippen LogP contribution in [0, 0.1) is 0 Å². The molecule has 0 aliphatic carbocycles. The number of rotatable bonds is 4. The molecule has 118 valence electrons. The third-order valence-electron chi connectivity index (χ3n) is 3.93. The maximum absolute atomic E-state index is 12.4. The van der Waals surface area contributed by atoms with Crippen LogP contribution in [0.15, 0.2) is 30.3 Å². The monoisotopic (exact) mass is 307 g/mol. The SMILES string of the molecule is COC(=O)[C@@H]1O[C@@H]2O[C@@H]1[C@H](CO)N(Cc1ccccc1)C2=O. The van der Waals surface area contributed by atoms with E-state index in [1.165, 1.54) is 12.0 Å². The van der Waals surface area contributed by atoms with E-state index in [0.29, 0.717) is 6.54 Å². The van der Waals surface area contributed by atoms with Gasteiger partial charge in [-0.2, -0.15) is 0 Å². The minimum Gasteiger partial charge on any atom is -0.467 e. The summed E-state index contributed by atoms with van der Waals surface area (Å²) in [5.74, 6) is -1.01. The third kappa shape index (κ3) is 2.47. The van der Waals surface area contributed by atoms with Gasteiger partial charge in [-0.05, 0) is 5.56 Å². The molecule has 7 heteroatoms. The van der Waals surface area contributed by atoms with E-state index in [-0.39, 0.29) is 6.61 Å². The Labute approximate surface area is 127 Å². The summed E-state index contributed by atoms with van der Waals surface area (Å²) in [6.45, 7) is -0.00860. The van der Waals surface area contributed by atoms with Gasteiger partial charge in [-0.3, -0.25) is 4.79 Å². The number of aliphatic hydroxyl groups excluding tert-OH is 1. The molecule has 0 spiro atoms. The Balaban J connectivity index is 1.85. The Morgan fingerprint density at radius 3 is 2.68 bits per heavy atom. The van der Waals surface area contributed by atoms with Gasteiger partial charge < -0.3 is 24.2 Å². The van der Waals surface area contributed by atoms with Crippen LogP contribution in [-0.4, -0.2) is 60.1 Å². The minimum atomic E-state index is -1.12. The van der Waals surface area contributed by atoms with Crippen molar-refractivity contribution in [3.05, 3.63) is 35.9 Å². The highest BCUT2D eigenvalue weighted by Crippen LogP contribution is 2.32. The number of esters is 1. The van der Waals surface area contributed by atoms with Crippen LogP contribution in [0.5, 0.6) is 0 Å². The van der Waals surface area contributed by atoms with E-state index in [0.717, 1.165) is 5.56 Å². The molecule has 7 nitrogen and oxygen atoms in total. The van der Waals surface area contributed by atoms with Gasteiger partial charge in [0, 0.05) is 6.54 Å². The maximum Gasteiger partial charge on any atom is 0.337 e. The first-order valence-electron chi connectivity index (χ1n) is 6.99. The fraction of sp³-hybridized carbons (Fsp3) is 0.467. The second-order valence-electron chi connectivity index (χ2n) is 5.21. The van der Waals surface area contributed by atoms with Crippen molar-refractivity contribution in [3.63, 3.8) is 0 Å². The normalized spacial score (nSPS) is 30.5. The van der Waals surface area contributed by atoms with Crippen molar-refractivity contribution in [2.45, 2.75) is 31.1 Å². The van der Waals surface area contributed by atoms with Crippen molar-refractivity contribution in [2.24, 2.45) is 0 Å². The van der Waals surface area contributed by atoms with Gasteiger partial charge in [0.2, 0.25) is 6.29 Å². The molecule has 0 unspecified atom stereocenters. The molecular formula is C15H17NO6. The van der Waals surface area contributed by atoms with Crippen molar-refractivity contribution in [1.82, 2.24) is 4.90 Å². The third-order valence-corrected chi connectivity index (χ3v) is 3.93. The van der Waals surface area contributed by atoms with Crippen LogP contribution in [-0.2, 0) is 30.3 Å². The maximum atomic E-state index is 12.4. The zero-order valence-corrected chi connectivity index (χ0v) is 12.0. The molecule has 2 bridgehead atoms. The topological polar surface area (TPSA) is 85.3 Å². The first kappa shape index (κ1) is 15.0. The van der Waals surface area contributed by atoms with Gasteiger partial charge >= 0.3 is 5.97 Å². The Hall–Kier alpha value is -1.96. The largest absolute Gasteiger partial charge is 0.467 e. The van der Waals surface area contributed by atoms with E-state index in [9.17, 15) is 14.7 Å². The molecule has 2 heterocycles. The van der Waals surface area contributed by atoms with Crippen LogP contribution in [0.3, 0.4) is 0 Å². The van der Waals surface area contributed by atoms with Crippen LogP contribution in [0.4, 0.5) is 0 Å². The highest BCUT2D eigenvalue weighted by Gasteiger charge is 2.55. The van der Waals surface area contributed by atoms with E-state index in [4.69, 9.17) is 9.47 Å². The number of fused-ring (bicyclic) bond motifs is 2. The van der Waals surface area contributed by atoms with Gasteiger partial charge in [-0.1, -0.05) is 30.3 Å². The number of methoxy groups -OCH3 is 1. The number of ether oxygens (including phenoxy) is 3. The highest BCUT2D eigenvalue weighted by atomic mass is 16.8. The summed E-state index contributed by atoms with van der Waals surface area (Å²) in [5.41, 5.74) is 0.921. The highest BCUT2D eigenvalue weighted by molar-refractivity contribution is 5.84. The first-order chi connectivity index (χ1) is 10.7. The average molecular weight is 307 g/mol.